The standard InChI is InChI=1S/C17H14N4O3S2/c1-19-14-7-6-11(10-15(14)25-17(19)22)26(23,24)21-9-8-20-13-5-3-2-4-12(13)18-16(20)21/h2-7,10H,8-9H2,1H3. The summed E-state index contributed by atoms with van der Waals surface area (Å²) in [7, 11) is -2.07. The Morgan fingerprint density at radius 1 is 1.08 bits per heavy atom. The van der Waals surface area contributed by atoms with Crippen LogP contribution in [0.3, 0.4) is 0 Å². The Hall–Kier alpha value is -2.65. The van der Waals surface area contributed by atoms with Crippen molar-refractivity contribution in [1.82, 2.24) is 14.1 Å². The normalized spacial score (nSPS) is 14.4. The smallest absolute Gasteiger partial charge is 0.307 e. The number of aromatic nitrogens is 3. The minimum Gasteiger partial charge on any atom is -0.307 e. The lowest BCUT2D eigenvalue weighted by Gasteiger charge is -2.16. The Morgan fingerprint density at radius 3 is 2.73 bits per heavy atom. The molecule has 0 aliphatic carbocycles. The third kappa shape index (κ3) is 2.01. The summed E-state index contributed by atoms with van der Waals surface area (Å²) < 4.78 is 31.9. The molecule has 0 bridgehead atoms. The molecule has 1 aliphatic heterocycles. The van der Waals surface area contributed by atoms with Crippen LogP contribution in [0.25, 0.3) is 21.3 Å². The maximum absolute atomic E-state index is 13.2. The molecule has 4 aromatic rings. The van der Waals surface area contributed by atoms with Crippen LogP contribution in [0.1, 0.15) is 0 Å². The van der Waals surface area contributed by atoms with E-state index in [0.717, 1.165) is 27.9 Å². The van der Waals surface area contributed by atoms with Crippen LogP contribution in [-0.2, 0) is 23.6 Å². The van der Waals surface area contributed by atoms with Crippen molar-refractivity contribution in [2.75, 3.05) is 10.8 Å². The van der Waals surface area contributed by atoms with Gasteiger partial charge in [-0.05, 0) is 30.3 Å². The molecule has 0 saturated carbocycles. The molecule has 132 valence electrons. The lowest BCUT2D eigenvalue weighted by atomic mass is 10.3. The molecule has 0 saturated heterocycles. The van der Waals surface area contributed by atoms with E-state index < -0.39 is 10.0 Å². The zero-order chi connectivity index (χ0) is 18.1. The van der Waals surface area contributed by atoms with Crippen molar-refractivity contribution >= 4 is 48.6 Å². The summed E-state index contributed by atoms with van der Waals surface area (Å²) in [6, 6.07) is 12.4. The number of nitrogens with zero attached hydrogens (tertiary/aromatic N) is 4. The monoisotopic (exact) mass is 386 g/mol. The summed E-state index contributed by atoms with van der Waals surface area (Å²) in [5, 5.41) is 0. The first kappa shape index (κ1) is 15.6. The van der Waals surface area contributed by atoms with Gasteiger partial charge in [0.05, 0.1) is 32.7 Å². The van der Waals surface area contributed by atoms with E-state index in [4.69, 9.17) is 0 Å². The molecule has 9 heteroatoms. The molecule has 0 atom stereocenters. The number of hydrogen-bond acceptors (Lipinski definition) is 5. The first-order chi connectivity index (χ1) is 12.5. The van der Waals surface area contributed by atoms with Crippen molar-refractivity contribution in [2.24, 2.45) is 7.05 Å². The molecule has 5 rings (SSSR count). The summed E-state index contributed by atoms with van der Waals surface area (Å²) in [4.78, 5) is 16.4. The predicted molar refractivity (Wildman–Crippen MR) is 101 cm³/mol. The van der Waals surface area contributed by atoms with E-state index in [2.05, 4.69) is 4.98 Å². The lowest BCUT2D eigenvalue weighted by Crippen LogP contribution is -2.29. The van der Waals surface area contributed by atoms with Gasteiger partial charge in [-0.25, -0.2) is 17.7 Å². The molecular formula is C17H14N4O3S2. The SMILES string of the molecule is Cn1c(=O)sc2cc(S(=O)(=O)N3CCn4c3nc3ccccc34)ccc21. The van der Waals surface area contributed by atoms with Crippen LogP contribution < -0.4 is 9.18 Å². The van der Waals surface area contributed by atoms with Crippen LogP contribution in [0.15, 0.2) is 52.2 Å². The van der Waals surface area contributed by atoms with E-state index in [1.54, 1.807) is 25.2 Å². The number of benzene rings is 2. The highest BCUT2D eigenvalue weighted by molar-refractivity contribution is 7.92. The second kappa shape index (κ2) is 5.18. The zero-order valence-corrected chi connectivity index (χ0v) is 15.4. The van der Waals surface area contributed by atoms with Gasteiger partial charge in [0.25, 0.3) is 10.0 Å². The average Bonchev–Trinajstić information content (AvgIpc) is 3.27. The fourth-order valence-corrected chi connectivity index (χ4v) is 5.83. The van der Waals surface area contributed by atoms with Crippen LogP contribution >= 0.6 is 11.3 Å². The number of anilines is 1. The van der Waals surface area contributed by atoms with Gasteiger partial charge in [-0.3, -0.25) is 4.79 Å². The van der Waals surface area contributed by atoms with E-state index in [1.165, 1.54) is 8.87 Å². The summed E-state index contributed by atoms with van der Waals surface area (Å²) >= 11 is 1.04. The molecule has 7 nitrogen and oxygen atoms in total. The average molecular weight is 386 g/mol. The summed E-state index contributed by atoms with van der Waals surface area (Å²) in [6.45, 7) is 0.911. The molecule has 1 aliphatic rings. The van der Waals surface area contributed by atoms with Crippen molar-refractivity contribution in [2.45, 2.75) is 11.4 Å². The highest BCUT2D eigenvalue weighted by Crippen LogP contribution is 2.32. The summed E-state index contributed by atoms with van der Waals surface area (Å²) in [5.74, 6) is 0.438. The van der Waals surface area contributed by atoms with E-state index in [9.17, 15) is 13.2 Å². The fraction of sp³-hybridized carbons (Fsp3) is 0.176. The number of hydrogen-bond donors (Lipinski definition) is 0. The van der Waals surface area contributed by atoms with Crippen molar-refractivity contribution in [3.8, 4) is 0 Å². The maximum atomic E-state index is 13.2. The zero-order valence-electron chi connectivity index (χ0n) is 13.8. The summed E-state index contributed by atoms with van der Waals surface area (Å²) in [6.07, 6.45) is 0. The van der Waals surface area contributed by atoms with Gasteiger partial charge in [0.2, 0.25) is 5.95 Å². The van der Waals surface area contributed by atoms with Gasteiger partial charge in [-0.15, -0.1) is 0 Å². The second-order valence-electron chi connectivity index (χ2n) is 6.19. The van der Waals surface area contributed by atoms with E-state index in [1.807, 2.05) is 28.8 Å². The van der Waals surface area contributed by atoms with Crippen LogP contribution in [0, 0.1) is 0 Å². The van der Waals surface area contributed by atoms with Gasteiger partial charge in [-0.1, -0.05) is 23.5 Å². The topological polar surface area (TPSA) is 77.2 Å². The van der Waals surface area contributed by atoms with Crippen LogP contribution in [0.4, 0.5) is 5.95 Å². The number of sulfonamides is 1. The fourth-order valence-electron chi connectivity index (χ4n) is 3.39. The highest BCUT2D eigenvalue weighted by atomic mass is 32.2. The number of thiazole rings is 1. The Kier molecular flexibility index (Phi) is 3.11. The molecule has 0 unspecified atom stereocenters. The number of aryl methyl sites for hydroxylation is 1. The Bertz CT molecular complexity index is 1350. The lowest BCUT2D eigenvalue weighted by molar-refractivity contribution is 0.592. The molecule has 0 spiro atoms. The Labute approximate surface area is 152 Å². The highest BCUT2D eigenvalue weighted by Gasteiger charge is 2.34. The number of rotatable bonds is 2. The number of imidazole rings is 1. The Morgan fingerprint density at radius 2 is 1.88 bits per heavy atom. The molecule has 0 radical (unpaired) electrons. The Balaban J connectivity index is 1.66. The first-order valence-electron chi connectivity index (χ1n) is 8.04. The number of fused-ring (bicyclic) bond motifs is 4. The van der Waals surface area contributed by atoms with Crippen LogP contribution in [-0.4, -0.2) is 29.1 Å². The van der Waals surface area contributed by atoms with Crippen LogP contribution in [0.2, 0.25) is 0 Å². The molecule has 2 aromatic carbocycles. The summed E-state index contributed by atoms with van der Waals surface area (Å²) in [5.41, 5.74) is 2.43. The maximum Gasteiger partial charge on any atom is 0.307 e. The third-order valence-electron chi connectivity index (χ3n) is 4.74. The molecular weight excluding hydrogens is 372 g/mol. The molecule has 0 N–H and O–H groups in total. The minimum absolute atomic E-state index is 0.113. The minimum atomic E-state index is -3.75. The van der Waals surface area contributed by atoms with E-state index >= 15 is 0 Å². The van der Waals surface area contributed by atoms with Crippen molar-refractivity contribution < 1.29 is 8.42 Å². The van der Waals surface area contributed by atoms with E-state index in [0.29, 0.717) is 23.7 Å². The molecule has 0 fully saturated rings. The van der Waals surface area contributed by atoms with Gasteiger partial charge in [0, 0.05) is 13.6 Å². The second-order valence-corrected chi connectivity index (χ2v) is 9.04. The molecule has 0 amide bonds. The van der Waals surface area contributed by atoms with Gasteiger partial charge in [0.15, 0.2) is 0 Å². The molecule has 26 heavy (non-hydrogen) atoms. The largest absolute Gasteiger partial charge is 0.307 e. The van der Waals surface area contributed by atoms with Gasteiger partial charge >= 0.3 is 4.87 Å². The van der Waals surface area contributed by atoms with Crippen molar-refractivity contribution in [3.63, 3.8) is 0 Å². The van der Waals surface area contributed by atoms with E-state index in [-0.39, 0.29) is 9.77 Å². The quantitative estimate of drug-likeness (QED) is 0.529. The predicted octanol–water partition coefficient (Wildman–Crippen LogP) is 2.16. The number of para-hydroxylation sites is 2. The van der Waals surface area contributed by atoms with Gasteiger partial charge in [-0.2, -0.15) is 0 Å². The first-order valence-corrected chi connectivity index (χ1v) is 10.3. The molecule has 3 heterocycles. The van der Waals surface area contributed by atoms with Crippen LogP contribution in [0.5, 0.6) is 0 Å². The van der Waals surface area contributed by atoms with Crippen molar-refractivity contribution in [1.29, 1.82) is 0 Å². The molecule has 2 aromatic heterocycles. The third-order valence-corrected chi connectivity index (χ3v) is 7.51. The van der Waals surface area contributed by atoms with Gasteiger partial charge in [0.1, 0.15) is 0 Å². The van der Waals surface area contributed by atoms with Crippen molar-refractivity contribution in [3.05, 3.63) is 52.1 Å². The van der Waals surface area contributed by atoms with Gasteiger partial charge < -0.3 is 9.13 Å².